The molecule has 1 nitrogen and oxygen atoms in total. The number of fused-ring (bicyclic) bond motifs is 4. The molecule has 0 saturated heterocycles. The molecule has 1 heteroatoms. The van der Waals surface area contributed by atoms with Gasteiger partial charge >= 0.3 is 0 Å². The van der Waals surface area contributed by atoms with Gasteiger partial charge in [0.15, 0.2) is 0 Å². The minimum Gasteiger partial charge on any atom is -0.311 e. The van der Waals surface area contributed by atoms with Crippen molar-refractivity contribution in [2.24, 2.45) is 0 Å². The van der Waals surface area contributed by atoms with E-state index in [2.05, 4.69) is 231 Å². The lowest BCUT2D eigenvalue weighted by Gasteiger charge is -2.26. The fraction of sp³-hybridized carbons (Fsp3) is 0.0545. The van der Waals surface area contributed by atoms with Crippen molar-refractivity contribution >= 4 is 27.8 Å². The molecule has 0 atom stereocenters. The summed E-state index contributed by atoms with van der Waals surface area (Å²) >= 11 is 0. The quantitative estimate of drug-likeness (QED) is 0.159. The first-order valence-corrected chi connectivity index (χ1v) is 19.5. The summed E-state index contributed by atoms with van der Waals surface area (Å²) in [5.41, 5.74) is 18.6. The standard InChI is InChI=1S/C55H41N/c1-55(2)53-18-9-8-17-51(53)52-34-29-47(37-54(52)55)42-27-32-50(33-28-42)56(48-15-4-3-5-16-48)49-30-25-40(26-31-49)39-19-21-41(22-20-39)44-13-10-14-45(35-44)46-24-23-38-11-6-7-12-43(38)36-46/h3-37H,1-2H3. The zero-order chi connectivity index (χ0) is 37.6. The molecule has 0 unspecified atom stereocenters. The Kier molecular flexibility index (Phi) is 8.23. The van der Waals surface area contributed by atoms with Gasteiger partial charge in [-0.25, -0.2) is 0 Å². The molecule has 0 amide bonds. The van der Waals surface area contributed by atoms with Crippen molar-refractivity contribution in [1.82, 2.24) is 0 Å². The SMILES string of the molecule is CC1(C)c2ccccc2-c2ccc(-c3ccc(N(c4ccccc4)c4ccc(-c5ccc(-c6cccc(-c7ccc8ccccc8c7)c6)cc5)cc4)cc3)cc21. The highest BCUT2D eigenvalue weighted by atomic mass is 15.1. The Labute approximate surface area is 329 Å². The fourth-order valence-electron chi connectivity index (χ4n) is 8.62. The third kappa shape index (κ3) is 5.99. The molecule has 0 fully saturated rings. The van der Waals surface area contributed by atoms with Gasteiger partial charge in [-0.15, -0.1) is 0 Å². The van der Waals surface area contributed by atoms with Crippen molar-refractivity contribution in [3.63, 3.8) is 0 Å². The van der Waals surface area contributed by atoms with Crippen LogP contribution in [0.25, 0.3) is 66.4 Å². The van der Waals surface area contributed by atoms with E-state index in [-0.39, 0.29) is 5.41 Å². The second-order valence-corrected chi connectivity index (χ2v) is 15.4. The molecule has 0 radical (unpaired) electrons. The first-order chi connectivity index (χ1) is 27.5. The molecule has 0 saturated carbocycles. The molecule has 1 aliphatic carbocycles. The van der Waals surface area contributed by atoms with E-state index in [0.29, 0.717) is 0 Å². The van der Waals surface area contributed by atoms with Crippen LogP contribution in [-0.4, -0.2) is 0 Å². The lowest BCUT2D eigenvalue weighted by atomic mass is 9.81. The third-order valence-electron chi connectivity index (χ3n) is 11.7. The van der Waals surface area contributed by atoms with Gasteiger partial charge in [-0.3, -0.25) is 0 Å². The summed E-state index contributed by atoms with van der Waals surface area (Å²) in [7, 11) is 0. The normalized spacial score (nSPS) is 12.6. The summed E-state index contributed by atoms with van der Waals surface area (Å²) in [6.07, 6.45) is 0. The number of nitrogens with zero attached hydrogens (tertiary/aromatic N) is 1. The van der Waals surface area contributed by atoms with Gasteiger partial charge in [0.25, 0.3) is 0 Å². The molecule has 0 N–H and O–H groups in total. The summed E-state index contributed by atoms with van der Waals surface area (Å²) in [6.45, 7) is 4.69. The molecule has 0 aromatic heterocycles. The monoisotopic (exact) mass is 715 g/mol. The van der Waals surface area contributed by atoms with Crippen LogP contribution in [0, 0.1) is 0 Å². The van der Waals surface area contributed by atoms with E-state index in [4.69, 9.17) is 0 Å². The Morgan fingerprint density at radius 1 is 0.286 bits per heavy atom. The minimum atomic E-state index is -0.0228. The lowest BCUT2D eigenvalue weighted by molar-refractivity contribution is 0.660. The van der Waals surface area contributed by atoms with E-state index in [0.717, 1.165) is 17.1 Å². The summed E-state index contributed by atoms with van der Waals surface area (Å²) < 4.78 is 0. The zero-order valence-electron chi connectivity index (χ0n) is 31.7. The number of hydrogen-bond donors (Lipinski definition) is 0. The Balaban J connectivity index is 0.908. The number of anilines is 3. The maximum Gasteiger partial charge on any atom is 0.0462 e. The topological polar surface area (TPSA) is 3.24 Å². The highest BCUT2D eigenvalue weighted by Gasteiger charge is 2.35. The second-order valence-electron chi connectivity index (χ2n) is 15.4. The summed E-state index contributed by atoms with van der Waals surface area (Å²) in [6, 6.07) is 77.5. The Hall–Kier alpha value is -6.96. The summed E-state index contributed by atoms with van der Waals surface area (Å²) in [5.74, 6) is 0. The minimum absolute atomic E-state index is 0.0228. The van der Waals surface area contributed by atoms with E-state index in [1.807, 2.05) is 0 Å². The Morgan fingerprint density at radius 2 is 0.732 bits per heavy atom. The molecule has 0 heterocycles. The van der Waals surface area contributed by atoms with E-state index in [1.54, 1.807) is 0 Å². The van der Waals surface area contributed by atoms with Crippen LogP contribution in [0.15, 0.2) is 212 Å². The van der Waals surface area contributed by atoms with Crippen LogP contribution in [0.4, 0.5) is 17.1 Å². The van der Waals surface area contributed by atoms with Crippen LogP contribution < -0.4 is 4.90 Å². The van der Waals surface area contributed by atoms with E-state index in [1.165, 1.54) is 77.5 Å². The van der Waals surface area contributed by atoms with Crippen LogP contribution in [0.1, 0.15) is 25.0 Å². The molecule has 0 spiro atoms. The first kappa shape index (κ1) is 33.6. The molecule has 1 aliphatic rings. The number of rotatable bonds is 7. The fourth-order valence-corrected chi connectivity index (χ4v) is 8.62. The Morgan fingerprint density at radius 3 is 1.41 bits per heavy atom. The van der Waals surface area contributed by atoms with E-state index < -0.39 is 0 Å². The predicted octanol–water partition coefficient (Wildman–Crippen LogP) is 15.3. The zero-order valence-corrected chi connectivity index (χ0v) is 31.7. The number of benzene rings is 9. The van der Waals surface area contributed by atoms with Gasteiger partial charge in [0.2, 0.25) is 0 Å². The van der Waals surface area contributed by atoms with Crippen molar-refractivity contribution in [3.8, 4) is 55.6 Å². The molecule has 9 aromatic rings. The second kappa shape index (κ2) is 13.7. The lowest BCUT2D eigenvalue weighted by Crippen LogP contribution is -2.14. The van der Waals surface area contributed by atoms with Crippen LogP contribution in [0.2, 0.25) is 0 Å². The first-order valence-electron chi connectivity index (χ1n) is 19.5. The predicted molar refractivity (Wildman–Crippen MR) is 238 cm³/mol. The maximum absolute atomic E-state index is 2.40. The largest absolute Gasteiger partial charge is 0.311 e. The molecule has 56 heavy (non-hydrogen) atoms. The van der Waals surface area contributed by atoms with Crippen LogP contribution in [-0.2, 0) is 5.41 Å². The number of hydrogen-bond acceptors (Lipinski definition) is 1. The number of para-hydroxylation sites is 1. The third-order valence-corrected chi connectivity index (χ3v) is 11.7. The molecule has 9 aromatic carbocycles. The molecular formula is C55H41N. The average Bonchev–Trinajstić information content (AvgIpc) is 3.50. The van der Waals surface area contributed by atoms with Gasteiger partial charge in [-0.2, -0.15) is 0 Å². The smallest absolute Gasteiger partial charge is 0.0462 e. The van der Waals surface area contributed by atoms with Gasteiger partial charge in [0.05, 0.1) is 0 Å². The average molecular weight is 716 g/mol. The highest BCUT2D eigenvalue weighted by Crippen LogP contribution is 2.49. The Bertz CT molecular complexity index is 2850. The van der Waals surface area contributed by atoms with Crippen molar-refractivity contribution in [2.75, 3.05) is 4.90 Å². The van der Waals surface area contributed by atoms with Gasteiger partial charge in [0, 0.05) is 22.5 Å². The van der Waals surface area contributed by atoms with Gasteiger partial charge < -0.3 is 4.90 Å². The molecule has 10 rings (SSSR count). The van der Waals surface area contributed by atoms with Gasteiger partial charge in [-0.1, -0.05) is 172 Å². The molecule has 0 aliphatic heterocycles. The van der Waals surface area contributed by atoms with Crippen molar-refractivity contribution in [2.45, 2.75) is 19.3 Å². The summed E-state index contributed by atoms with van der Waals surface area (Å²) in [4.78, 5) is 2.33. The van der Waals surface area contributed by atoms with E-state index >= 15 is 0 Å². The van der Waals surface area contributed by atoms with Crippen molar-refractivity contribution in [1.29, 1.82) is 0 Å². The summed E-state index contributed by atoms with van der Waals surface area (Å²) in [5, 5.41) is 2.53. The maximum atomic E-state index is 2.40. The van der Waals surface area contributed by atoms with Crippen molar-refractivity contribution in [3.05, 3.63) is 223 Å². The van der Waals surface area contributed by atoms with Crippen molar-refractivity contribution < 1.29 is 0 Å². The van der Waals surface area contributed by atoms with Crippen LogP contribution in [0.5, 0.6) is 0 Å². The molecular weight excluding hydrogens is 675 g/mol. The van der Waals surface area contributed by atoms with Gasteiger partial charge in [0.1, 0.15) is 0 Å². The van der Waals surface area contributed by atoms with Crippen LogP contribution >= 0.6 is 0 Å². The molecule has 0 bridgehead atoms. The highest BCUT2D eigenvalue weighted by molar-refractivity contribution is 5.88. The van der Waals surface area contributed by atoms with E-state index in [9.17, 15) is 0 Å². The van der Waals surface area contributed by atoms with Gasteiger partial charge in [-0.05, 0) is 132 Å². The van der Waals surface area contributed by atoms with Crippen LogP contribution in [0.3, 0.4) is 0 Å². The molecule has 266 valence electrons.